The zero-order valence-electron chi connectivity index (χ0n) is 7.44. The summed E-state index contributed by atoms with van der Waals surface area (Å²) in [5, 5.41) is 0. The molecule has 0 aliphatic rings. The van der Waals surface area contributed by atoms with E-state index in [2.05, 4.69) is 4.98 Å². The summed E-state index contributed by atoms with van der Waals surface area (Å²) in [7, 11) is 0. The second-order valence-electron chi connectivity index (χ2n) is 2.79. The molecule has 0 saturated heterocycles. The molecule has 0 aliphatic heterocycles. The van der Waals surface area contributed by atoms with Crippen LogP contribution in [0.15, 0.2) is 48.7 Å². The molecule has 0 unspecified atom stereocenters. The van der Waals surface area contributed by atoms with Crippen LogP contribution in [0.3, 0.4) is 0 Å². The minimum atomic E-state index is -0.374. The van der Waals surface area contributed by atoms with Crippen LogP contribution in [0.4, 0.5) is 0 Å². The topological polar surface area (TPSA) is 42.1 Å². The van der Waals surface area contributed by atoms with E-state index in [0.29, 0.717) is 11.4 Å². The summed E-state index contributed by atoms with van der Waals surface area (Å²) in [6.07, 6.45) is 1.68. The van der Waals surface area contributed by atoms with Crippen LogP contribution in [-0.2, 0) is 0 Å². The maximum absolute atomic E-state index is 11.4. The molecule has 2 aromatic rings. The smallest absolute Gasteiger partial charge is 0.360 e. The van der Waals surface area contributed by atoms with Gasteiger partial charge in [0.1, 0.15) is 11.4 Å². The molecule has 0 saturated carbocycles. The fourth-order valence-electron chi connectivity index (χ4n) is 1.11. The molecule has 3 nitrogen and oxygen atoms in total. The van der Waals surface area contributed by atoms with Crippen LogP contribution in [0.2, 0.25) is 0 Å². The second-order valence-corrected chi connectivity index (χ2v) is 2.79. The van der Waals surface area contributed by atoms with Crippen LogP contribution < -0.4 is 4.74 Å². The number of aromatic amines is 1. The van der Waals surface area contributed by atoms with Gasteiger partial charge in [-0.25, -0.2) is 4.79 Å². The number of nitrogens with one attached hydrogen (secondary N) is 1. The number of benzene rings is 1. The molecule has 0 fully saturated rings. The SMILES string of the molecule is O=C(Oc1ccccc1)c1ccc[nH]1. The van der Waals surface area contributed by atoms with Gasteiger partial charge in [0.15, 0.2) is 0 Å². The average Bonchev–Trinajstić information content (AvgIpc) is 2.72. The minimum Gasteiger partial charge on any atom is -0.422 e. The van der Waals surface area contributed by atoms with Crippen molar-refractivity contribution in [3.63, 3.8) is 0 Å². The van der Waals surface area contributed by atoms with Gasteiger partial charge in [-0.1, -0.05) is 18.2 Å². The first kappa shape index (κ1) is 8.56. The van der Waals surface area contributed by atoms with Gasteiger partial charge in [0.2, 0.25) is 0 Å². The van der Waals surface area contributed by atoms with Gasteiger partial charge >= 0.3 is 5.97 Å². The van der Waals surface area contributed by atoms with Gasteiger partial charge in [0.05, 0.1) is 0 Å². The molecule has 70 valence electrons. The van der Waals surface area contributed by atoms with Crippen LogP contribution in [0.25, 0.3) is 0 Å². The number of esters is 1. The Labute approximate surface area is 81.3 Å². The molecular formula is C11H9NO2. The molecule has 1 aromatic carbocycles. The number of carbonyl (C=O) groups excluding carboxylic acids is 1. The molecule has 14 heavy (non-hydrogen) atoms. The number of ether oxygens (including phenoxy) is 1. The number of hydrogen-bond acceptors (Lipinski definition) is 2. The molecule has 0 bridgehead atoms. The Balaban J connectivity index is 2.10. The number of hydrogen-bond donors (Lipinski definition) is 1. The fourth-order valence-corrected chi connectivity index (χ4v) is 1.11. The van der Waals surface area contributed by atoms with Gasteiger partial charge in [-0.05, 0) is 24.3 Å². The third kappa shape index (κ3) is 1.82. The Morgan fingerprint density at radius 1 is 1.07 bits per heavy atom. The number of aromatic nitrogens is 1. The Morgan fingerprint density at radius 3 is 2.50 bits per heavy atom. The average molecular weight is 187 g/mol. The monoisotopic (exact) mass is 187 g/mol. The molecule has 0 atom stereocenters. The summed E-state index contributed by atoms with van der Waals surface area (Å²) in [5.74, 6) is 0.174. The predicted molar refractivity (Wildman–Crippen MR) is 52.2 cm³/mol. The predicted octanol–water partition coefficient (Wildman–Crippen LogP) is 2.23. The zero-order valence-corrected chi connectivity index (χ0v) is 7.44. The standard InChI is InChI=1S/C11H9NO2/c13-11(10-7-4-8-12-10)14-9-5-2-1-3-6-9/h1-8,12H. The van der Waals surface area contributed by atoms with Crippen molar-refractivity contribution in [1.82, 2.24) is 4.98 Å². The quantitative estimate of drug-likeness (QED) is 0.578. The zero-order chi connectivity index (χ0) is 9.80. The molecule has 3 heteroatoms. The molecule has 0 radical (unpaired) electrons. The van der Waals surface area contributed by atoms with Crippen molar-refractivity contribution in [2.75, 3.05) is 0 Å². The van der Waals surface area contributed by atoms with E-state index >= 15 is 0 Å². The molecule has 0 spiro atoms. The molecule has 1 N–H and O–H groups in total. The summed E-state index contributed by atoms with van der Waals surface area (Å²) in [4.78, 5) is 14.2. The summed E-state index contributed by atoms with van der Waals surface area (Å²) in [6, 6.07) is 12.4. The highest BCUT2D eigenvalue weighted by Gasteiger charge is 2.07. The Kier molecular flexibility index (Phi) is 2.32. The third-order valence-corrected chi connectivity index (χ3v) is 1.77. The summed E-state index contributed by atoms with van der Waals surface area (Å²) < 4.78 is 5.09. The summed E-state index contributed by atoms with van der Waals surface area (Å²) in [6.45, 7) is 0. The molecule has 1 heterocycles. The van der Waals surface area contributed by atoms with Crippen molar-refractivity contribution >= 4 is 5.97 Å². The van der Waals surface area contributed by atoms with E-state index in [9.17, 15) is 4.79 Å². The van der Waals surface area contributed by atoms with E-state index in [-0.39, 0.29) is 5.97 Å². The van der Waals surface area contributed by atoms with Crippen molar-refractivity contribution in [2.24, 2.45) is 0 Å². The van der Waals surface area contributed by atoms with E-state index in [1.807, 2.05) is 18.2 Å². The maximum atomic E-state index is 11.4. The van der Waals surface area contributed by atoms with E-state index < -0.39 is 0 Å². The lowest BCUT2D eigenvalue weighted by Gasteiger charge is -2.01. The highest BCUT2D eigenvalue weighted by Crippen LogP contribution is 2.10. The summed E-state index contributed by atoms with van der Waals surface area (Å²) >= 11 is 0. The lowest BCUT2D eigenvalue weighted by Crippen LogP contribution is -2.08. The lowest BCUT2D eigenvalue weighted by atomic mass is 10.3. The first-order valence-electron chi connectivity index (χ1n) is 4.27. The minimum absolute atomic E-state index is 0.374. The van der Waals surface area contributed by atoms with Gasteiger partial charge in [-0.2, -0.15) is 0 Å². The largest absolute Gasteiger partial charge is 0.422 e. The van der Waals surface area contributed by atoms with Gasteiger partial charge in [-0.15, -0.1) is 0 Å². The first-order valence-corrected chi connectivity index (χ1v) is 4.27. The second kappa shape index (κ2) is 3.79. The van der Waals surface area contributed by atoms with Gasteiger partial charge in [0, 0.05) is 6.20 Å². The Morgan fingerprint density at radius 2 is 1.86 bits per heavy atom. The van der Waals surface area contributed by atoms with Gasteiger partial charge < -0.3 is 9.72 Å². The van der Waals surface area contributed by atoms with Gasteiger partial charge in [-0.3, -0.25) is 0 Å². The van der Waals surface area contributed by atoms with E-state index in [1.54, 1.807) is 30.5 Å². The van der Waals surface area contributed by atoms with Crippen molar-refractivity contribution < 1.29 is 9.53 Å². The van der Waals surface area contributed by atoms with Crippen LogP contribution in [0, 0.1) is 0 Å². The van der Waals surface area contributed by atoms with E-state index in [1.165, 1.54) is 0 Å². The molecule has 2 rings (SSSR count). The van der Waals surface area contributed by atoms with E-state index in [4.69, 9.17) is 4.74 Å². The van der Waals surface area contributed by atoms with Crippen molar-refractivity contribution in [2.45, 2.75) is 0 Å². The molecule has 1 aromatic heterocycles. The van der Waals surface area contributed by atoms with Crippen LogP contribution in [-0.4, -0.2) is 11.0 Å². The number of para-hydroxylation sites is 1. The van der Waals surface area contributed by atoms with Crippen LogP contribution in [0.5, 0.6) is 5.75 Å². The van der Waals surface area contributed by atoms with Crippen molar-refractivity contribution in [3.8, 4) is 5.75 Å². The Bertz CT molecular complexity index is 406. The molecule has 0 amide bonds. The van der Waals surface area contributed by atoms with Crippen molar-refractivity contribution in [3.05, 3.63) is 54.4 Å². The first-order chi connectivity index (χ1) is 6.86. The van der Waals surface area contributed by atoms with Crippen LogP contribution in [0.1, 0.15) is 10.5 Å². The normalized spacial score (nSPS) is 9.71. The summed E-state index contributed by atoms with van der Waals surface area (Å²) in [5.41, 5.74) is 0.453. The number of rotatable bonds is 2. The number of carbonyl (C=O) groups is 1. The van der Waals surface area contributed by atoms with Crippen molar-refractivity contribution in [1.29, 1.82) is 0 Å². The number of H-pyrrole nitrogens is 1. The lowest BCUT2D eigenvalue weighted by molar-refractivity contribution is 0.0729. The molecule has 0 aliphatic carbocycles. The van der Waals surface area contributed by atoms with Crippen LogP contribution >= 0.6 is 0 Å². The fraction of sp³-hybridized carbons (Fsp3) is 0. The highest BCUT2D eigenvalue weighted by molar-refractivity contribution is 5.89. The maximum Gasteiger partial charge on any atom is 0.360 e. The Hall–Kier alpha value is -2.03. The third-order valence-electron chi connectivity index (χ3n) is 1.77. The highest BCUT2D eigenvalue weighted by atomic mass is 16.5. The van der Waals surface area contributed by atoms with Gasteiger partial charge in [0.25, 0.3) is 0 Å². The molecular weight excluding hydrogens is 178 g/mol. The van der Waals surface area contributed by atoms with E-state index in [0.717, 1.165) is 0 Å².